The Labute approximate surface area is 141 Å². The molecule has 8 heteroatoms. The SMILES string of the molecule is CCOC(=O)c1c(C)ncn1C(COS(C)(=O)=O)c1ccccc1. The van der Waals surface area contributed by atoms with E-state index in [1.165, 1.54) is 6.33 Å². The van der Waals surface area contributed by atoms with Gasteiger partial charge in [0.25, 0.3) is 10.1 Å². The lowest BCUT2D eigenvalue weighted by atomic mass is 10.1. The standard InChI is InChI=1S/C16H20N2O5S/c1-4-22-16(19)15-12(2)17-11-18(15)14(10-23-24(3,20)21)13-8-6-5-7-9-13/h5-9,11,14H,4,10H2,1-3H3. The maximum atomic E-state index is 12.2. The highest BCUT2D eigenvalue weighted by Gasteiger charge is 2.25. The zero-order valence-corrected chi connectivity index (χ0v) is 14.6. The third-order valence-electron chi connectivity index (χ3n) is 3.41. The molecule has 7 nitrogen and oxygen atoms in total. The normalized spacial score (nSPS) is 12.8. The summed E-state index contributed by atoms with van der Waals surface area (Å²) in [4.78, 5) is 16.4. The van der Waals surface area contributed by atoms with Crippen LogP contribution >= 0.6 is 0 Å². The maximum absolute atomic E-state index is 12.2. The molecule has 0 spiro atoms. The summed E-state index contributed by atoms with van der Waals surface area (Å²) < 4.78 is 34.4. The van der Waals surface area contributed by atoms with E-state index in [1.54, 1.807) is 18.4 Å². The first-order chi connectivity index (χ1) is 11.3. The minimum absolute atomic E-state index is 0.148. The van der Waals surface area contributed by atoms with Gasteiger partial charge in [0, 0.05) is 0 Å². The number of hydrogen-bond acceptors (Lipinski definition) is 6. The number of imidazole rings is 1. The number of benzene rings is 1. The van der Waals surface area contributed by atoms with Gasteiger partial charge in [0.2, 0.25) is 0 Å². The Hall–Kier alpha value is -2.19. The number of ether oxygens (including phenoxy) is 1. The fraction of sp³-hybridized carbons (Fsp3) is 0.375. The van der Waals surface area contributed by atoms with Crippen LogP contribution in [0.3, 0.4) is 0 Å². The quantitative estimate of drug-likeness (QED) is 0.559. The molecule has 0 bridgehead atoms. The molecule has 0 aliphatic heterocycles. The molecule has 0 fully saturated rings. The first-order valence-electron chi connectivity index (χ1n) is 7.43. The van der Waals surface area contributed by atoms with E-state index in [1.807, 2.05) is 30.3 Å². The van der Waals surface area contributed by atoms with Crippen molar-refractivity contribution in [1.82, 2.24) is 9.55 Å². The van der Waals surface area contributed by atoms with Crippen molar-refractivity contribution in [3.05, 3.63) is 53.6 Å². The van der Waals surface area contributed by atoms with Gasteiger partial charge in [-0.25, -0.2) is 9.78 Å². The largest absolute Gasteiger partial charge is 0.461 e. The molecular weight excluding hydrogens is 332 g/mol. The monoisotopic (exact) mass is 352 g/mol. The predicted octanol–water partition coefficient (Wildman–Crippen LogP) is 1.93. The third kappa shape index (κ3) is 4.42. The number of esters is 1. The van der Waals surface area contributed by atoms with Crippen molar-refractivity contribution < 1.29 is 22.1 Å². The summed E-state index contributed by atoms with van der Waals surface area (Å²) in [5, 5.41) is 0. The van der Waals surface area contributed by atoms with E-state index in [0.29, 0.717) is 5.69 Å². The van der Waals surface area contributed by atoms with Gasteiger partial charge in [-0.2, -0.15) is 8.42 Å². The van der Waals surface area contributed by atoms with Gasteiger partial charge in [0.15, 0.2) is 5.69 Å². The van der Waals surface area contributed by atoms with Crippen LogP contribution in [0.15, 0.2) is 36.7 Å². The van der Waals surface area contributed by atoms with Crippen LogP contribution in [0.25, 0.3) is 0 Å². The molecule has 2 rings (SSSR count). The van der Waals surface area contributed by atoms with E-state index in [9.17, 15) is 13.2 Å². The molecule has 0 aliphatic rings. The molecule has 24 heavy (non-hydrogen) atoms. The van der Waals surface area contributed by atoms with Crippen LogP contribution < -0.4 is 0 Å². The summed E-state index contributed by atoms with van der Waals surface area (Å²) in [6, 6.07) is 8.65. The lowest BCUT2D eigenvalue weighted by molar-refractivity contribution is 0.0510. The predicted molar refractivity (Wildman–Crippen MR) is 88.3 cm³/mol. The second kappa shape index (κ2) is 7.59. The van der Waals surface area contributed by atoms with Crippen LogP contribution in [-0.2, 0) is 19.0 Å². The Kier molecular flexibility index (Phi) is 5.74. The van der Waals surface area contributed by atoms with Gasteiger partial charge in [-0.1, -0.05) is 30.3 Å². The number of aryl methyl sites for hydroxylation is 1. The number of aromatic nitrogens is 2. The Morgan fingerprint density at radius 2 is 1.96 bits per heavy atom. The van der Waals surface area contributed by atoms with E-state index in [4.69, 9.17) is 8.92 Å². The molecule has 130 valence electrons. The number of rotatable bonds is 7. The summed E-state index contributed by atoms with van der Waals surface area (Å²) in [5.41, 5.74) is 1.58. The molecule has 1 aromatic carbocycles. The number of carbonyl (C=O) groups excluding carboxylic acids is 1. The van der Waals surface area contributed by atoms with Gasteiger partial charge in [0.1, 0.15) is 0 Å². The van der Waals surface area contributed by atoms with Gasteiger partial charge in [-0.05, 0) is 19.4 Å². The summed E-state index contributed by atoms with van der Waals surface area (Å²) in [7, 11) is -3.62. The number of carbonyl (C=O) groups is 1. The van der Waals surface area contributed by atoms with E-state index in [-0.39, 0.29) is 18.9 Å². The zero-order chi connectivity index (χ0) is 17.7. The molecular formula is C16H20N2O5S. The molecule has 1 atom stereocenters. The maximum Gasteiger partial charge on any atom is 0.356 e. The second-order valence-corrected chi connectivity index (χ2v) is 6.87. The van der Waals surface area contributed by atoms with Crippen LogP contribution in [0.5, 0.6) is 0 Å². The highest BCUT2D eigenvalue weighted by molar-refractivity contribution is 7.85. The molecule has 1 heterocycles. The van der Waals surface area contributed by atoms with Gasteiger partial charge in [-0.15, -0.1) is 0 Å². The van der Waals surface area contributed by atoms with E-state index < -0.39 is 22.1 Å². The van der Waals surface area contributed by atoms with Gasteiger partial charge in [0.05, 0.1) is 37.5 Å². The van der Waals surface area contributed by atoms with E-state index in [0.717, 1.165) is 11.8 Å². The van der Waals surface area contributed by atoms with Gasteiger partial charge >= 0.3 is 5.97 Å². The van der Waals surface area contributed by atoms with Crippen molar-refractivity contribution in [3.63, 3.8) is 0 Å². The Balaban J connectivity index is 2.46. The highest BCUT2D eigenvalue weighted by atomic mass is 32.2. The van der Waals surface area contributed by atoms with Crippen molar-refractivity contribution in [2.75, 3.05) is 19.5 Å². The Morgan fingerprint density at radius 3 is 2.54 bits per heavy atom. The van der Waals surface area contributed by atoms with Crippen LogP contribution in [0.4, 0.5) is 0 Å². The van der Waals surface area contributed by atoms with Gasteiger partial charge < -0.3 is 9.30 Å². The van der Waals surface area contributed by atoms with Crippen LogP contribution in [0, 0.1) is 6.92 Å². The highest BCUT2D eigenvalue weighted by Crippen LogP contribution is 2.23. The minimum Gasteiger partial charge on any atom is -0.461 e. The third-order valence-corrected chi connectivity index (χ3v) is 3.97. The average molecular weight is 352 g/mol. The summed E-state index contributed by atoms with van der Waals surface area (Å²) in [6.07, 6.45) is 2.48. The fourth-order valence-electron chi connectivity index (χ4n) is 2.34. The molecule has 1 unspecified atom stereocenters. The summed E-state index contributed by atoms with van der Waals surface area (Å²) in [5.74, 6) is -0.507. The van der Waals surface area contributed by atoms with Crippen LogP contribution in [0.1, 0.15) is 34.7 Å². The van der Waals surface area contributed by atoms with Crippen molar-refractivity contribution in [1.29, 1.82) is 0 Å². The summed E-state index contributed by atoms with van der Waals surface area (Å²) in [6.45, 7) is 3.50. The summed E-state index contributed by atoms with van der Waals surface area (Å²) >= 11 is 0. The van der Waals surface area contributed by atoms with Gasteiger partial charge in [-0.3, -0.25) is 4.18 Å². The number of nitrogens with zero attached hydrogens (tertiary/aromatic N) is 2. The first kappa shape index (κ1) is 18.2. The Bertz CT molecular complexity index is 799. The zero-order valence-electron chi connectivity index (χ0n) is 13.8. The van der Waals surface area contributed by atoms with Crippen LogP contribution in [-0.4, -0.2) is 43.4 Å². The van der Waals surface area contributed by atoms with Crippen LogP contribution in [0.2, 0.25) is 0 Å². The van der Waals surface area contributed by atoms with Crippen molar-refractivity contribution in [3.8, 4) is 0 Å². The average Bonchev–Trinajstić information content (AvgIpc) is 2.89. The second-order valence-electron chi connectivity index (χ2n) is 5.22. The first-order valence-corrected chi connectivity index (χ1v) is 9.25. The molecule has 0 aliphatic carbocycles. The molecule has 0 amide bonds. The van der Waals surface area contributed by atoms with E-state index >= 15 is 0 Å². The molecule has 1 aromatic heterocycles. The van der Waals surface area contributed by atoms with E-state index in [2.05, 4.69) is 4.98 Å². The minimum atomic E-state index is -3.62. The number of hydrogen-bond donors (Lipinski definition) is 0. The molecule has 0 N–H and O–H groups in total. The van der Waals surface area contributed by atoms with Crippen molar-refractivity contribution in [2.24, 2.45) is 0 Å². The Morgan fingerprint density at radius 1 is 1.29 bits per heavy atom. The molecule has 0 saturated heterocycles. The lowest BCUT2D eigenvalue weighted by Crippen LogP contribution is -2.23. The lowest BCUT2D eigenvalue weighted by Gasteiger charge is -2.20. The fourth-order valence-corrected chi connectivity index (χ4v) is 2.72. The smallest absolute Gasteiger partial charge is 0.356 e. The molecule has 0 saturated carbocycles. The van der Waals surface area contributed by atoms with Crippen molar-refractivity contribution in [2.45, 2.75) is 19.9 Å². The van der Waals surface area contributed by atoms with Crippen molar-refractivity contribution >= 4 is 16.1 Å². The topological polar surface area (TPSA) is 87.5 Å². The molecule has 2 aromatic rings. The molecule has 0 radical (unpaired) electrons.